The molecule has 0 saturated heterocycles. The zero-order valence-electron chi connectivity index (χ0n) is 10.8. The Morgan fingerprint density at radius 3 is 2.50 bits per heavy atom. The summed E-state index contributed by atoms with van der Waals surface area (Å²) in [4.78, 5) is 15.8. The van der Waals surface area contributed by atoms with E-state index >= 15 is 0 Å². The Hall–Kier alpha value is -2.50. The van der Waals surface area contributed by atoms with Crippen LogP contribution in [0.25, 0.3) is 0 Å². The van der Waals surface area contributed by atoms with Gasteiger partial charge < -0.3 is 10.6 Å². The zero-order chi connectivity index (χ0) is 14.5. The Bertz CT molecular complexity index is 594. The lowest BCUT2D eigenvalue weighted by molar-refractivity contribution is 0.102. The summed E-state index contributed by atoms with van der Waals surface area (Å²) >= 11 is 0. The number of nitrogens with one attached hydrogen (secondary N) is 2. The van der Waals surface area contributed by atoms with Crippen LogP contribution in [0.4, 0.5) is 20.3 Å². The third kappa shape index (κ3) is 3.09. The lowest BCUT2D eigenvalue weighted by atomic mass is 10.1. The molecule has 2 rings (SSSR count). The highest BCUT2D eigenvalue weighted by molar-refractivity contribution is 6.04. The number of rotatable bonds is 4. The van der Waals surface area contributed by atoms with Gasteiger partial charge in [-0.3, -0.25) is 4.79 Å². The third-order valence-electron chi connectivity index (χ3n) is 2.56. The van der Waals surface area contributed by atoms with E-state index in [1.165, 1.54) is 6.20 Å². The van der Waals surface area contributed by atoms with Crippen molar-refractivity contribution in [1.29, 1.82) is 0 Å². The number of aromatic nitrogens is 1. The van der Waals surface area contributed by atoms with E-state index in [1.54, 1.807) is 25.1 Å². The van der Waals surface area contributed by atoms with Crippen molar-refractivity contribution in [2.24, 2.45) is 0 Å². The molecule has 1 heterocycles. The Kier molecular flexibility index (Phi) is 4.24. The first kappa shape index (κ1) is 13.9. The van der Waals surface area contributed by atoms with Gasteiger partial charge in [-0.15, -0.1) is 0 Å². The third-order valence-corrected chi connectivity index (χ3v) is 2.56. The van der Waals surface area contributed by atoms with Gasteiger partial charge in [0.1, 0.15) is 23.1 Å². The van der Waals surface area contributed by atoms with Gasteiger partial charge in [-0.25, -0.2) is 13.8 Å². The number of amides is 1. The molecule has 4 nitrogen and oxygen atoms in total. The molecule has 0 unspecified atom stereocenters. The maximum atomic E-state index is 13.7. The van der Waals surface area contributed by atoms with E-state index in [4.69, 9.17) is 0 Å². The molecule has 0 radical (unpaired) electrons. The second kappa shape index (κ2) is 6.10. The number of nitrogens with zero attached hydrogens (tertiary/aromatic N) is 1. The Morgan fingerprint density at radius 2 is 1.95 bits per heavy atom. The number of anilines is 2. The monoisotopic (exact) mass is 277 g/mol. The molecular formula is C14H13F2N3O. The van der Waals surface area contributed by atoms with Crippen LogP contribution in [0.15, 0.2) is 36.5 Å². The van der Waals surface area contributed by atoms with Gasteiger partial charge in [0, 0.05) is 18.3 Å². The lowest BCUT2D eigenvalue weighted by Gasteiger charge is -2.09. The van der Waals surface area contributed by atoms with E-state index in [9.17, 15) is 13.6 Å². The molecule has 20 heavy (non-hydrogen) atoms. The first-order valence-corrected chi connectivity index (χ1v) is 6.07. The number of pyridine rings is 1. The van der Waals surface area contributed by atoms with Gasteiger partial charge in [0.05, 0.1) is 0 Å². The molecule has 0 bridgehead atoms. The molecule has 1 aromatic heterocycles. The van der Waals surface area contributed by atoms with Crippen molar-refractivity contribution in [3.63, 3.8) is 0 Å². The molecule has 0 aliphatic rings. The summed E-state index contributed by atoms with van der Waals surface area (Å²) in [5.41, 5.74) is -0.339. The number of halogens is 2. The van der Waals surface area contributed by atoms with E-state index in [0.717, 1.165) is 12.1 Å². The van der Waals surface area contributed by atoms with Crippen LogP contribution in [0.2, 0.25) is 0 Å². The summed E-state index contributed by atoms with van der Waals surface area (Å²) < 4.78 is 27.4. The number of carbonyl (C=O) groups excluding carboxylic acids is 1. The van der Waals surface area contributed by atoms with Crippen LogP contribution in [0.3, 0.4) is 0 Å². The fourth-order valence-electron chi connectivity index (χ4n) is 1.68. The second-order valence-electron chi connectivity index (χ2n) is 4.01. The van der Waals surface area contributed by atoms with E-state index in [1.807, 2.05) is 0 Å². The molecule has 1 aromatic carbocycles. The predicted octanol–water partition coefficient (Wildman–Crippen LogP) is 3.04. The van der Waals surface area contributed by atoms with Gasteiger partial charge in [-0.1, -0.05) is 6.07 Å². The van der Waals surface area contributed by atoms with Crippen LogP contribution in [0, 0.1) is 11.6 Å². The molecule has 6 heteroatoms. The molecule has 0 saturated carbocycles. The maximum Gasteiger partial charge on any atom is 0.257 e. The standard InChI is InChI=1S/C14H13F2N3O/c1-2-17-13-10(15)7-9(8-11(13)16)14(20)19-12-5-3-4-6-18-12/h3-8,17H,2H2,1H3,(H,18,19,20). The van der Waals surface area contributed by atoms with Crippen molar-refractivity contribution < 1.29 is 13.6 Å². The Morgan fingerprint density at radius 1 is 1.25 bits per heavy atom. The molecular weight excluding hydrogens is 264 g/mol. The van der Waals surface area contributed by atoms with Gasteiger partial charge in [0.2, 0.25) is 0 Å². The number of benzene rings is 1. The van der Waals surface area contributed by atoms with Crippen LogP contribution >= 0.6 is 0 Å². The van der Waals surface area contributed by atoms with Crippen molar-refractivity contribution in [1.82, 2.24) is 4.98 Å². The number of hydrogen-bond acceptors (Lipinski definition) is 3. The normalized spacial score (nSPS) is 10.2. The molecule has 2 N–H and O–H groups in total. The minimum atomic E-state index is -0.807. The van der Waals surface area contributed by atoms with Gasteiger partial charge >= 0.3 is 0 Å². The van der Waals surface area contributed by atoms with Crippen molar-refractivity contribution in [2.45, 2.75) is 6.92 Å². The fourth-order valence-corrected chi connectivity index (χ4v) is 1.68. The fraction of sp³-hybridized carbons (Fsp3) is 0.143. The highest BCUT2D eigenvalue weighted by atomic mass is 19.1. The molecule has 1 amide bonds. The summed E-state index contributed by atoms with van der Waals surface area (Å²) in [5.74, 6) is -1.92. The maximum absolute atomic E-state index is 13.7. The average Bonchev–Trinajstić information content (AvgIpc) is 2.43. The molecule has 0 spiro atoms. The predicted molar refractivity (Wildman–Crippen MR) is 72.7 cm³/mol. The lowest BCUT2D eigenvalue weighted by Crippen LogP contribution is -2.14. The van der Waals surface area contributed by atoms with Crippen molar-refractivity contribution in [2.75, 3.05) is 17.2 Å². The average molecular weight is 277 g/mol. The van der Waals surface area contributed by atoms with Gasteiger partial charge in [-0.2, -0.15) is 0 Å². The largest absolute Gasteiger partial charge is 0.381 e. The molecule has 0 fully saturated rings. The van der Waals surface area contributed by atoms with Crippen LogP contribution in [-0.4, -0.2) is 17.4 Å². The topological polar surface area (TPSA) is 54.0 Å². The minimum Gasteiger partial charge on any atom is -0.381 e. The van der Waals surface area contributed by atoms with E-state index in [-0.39, 0.29) is 11.3 Å². The number of carbonyl (C=O) groups is 1. The smallest absolute Gasteiger partial charge is 0.257 e. The summed E-state index contributed by atoms with van der Waals surface area (Å²) in [6.07, 6.45) is 1.51. The molecule has 2 aromatic rings. The summed E-state index contributed by atoms with van der Waals surface area (Å²) in [6.45, 7) is 2.11. The Labute approximate surface area is 114 Å². The van der Waals surface area contributed by atoms with Crippen LogP contribution < -0.4 is 10.6 Å². The van der Waals surface area contributed by atoms with E-state index in [2.05, 4.69) is 15.6 Å². The van der Waals surface area contributed by atoms with Crippen LogP contribution in [0.1, 0.15) is 17.3 Å². The van der Waals surface area contributed by atoms with Gasteiger partial charge in [0.15, 0.2) is 0 Å². The zero-order valence-corrected chi connectivity index (χ0v) is 10.8. The summed E-state index contributed by atoms with van der Waals surface area (Å²) in [7, 11) is 0. The highest BCUT2D eigenvalue weighted by Crippen LogP contribution is 2.21. The van der Waals surface area contributed by atoms with Crippen LogP contribution in [-0.2, 0) is 0 Å². The molecule has 104 valence electrons. The second-order valence-corrected chi connectivity index (χ2v) is 4.01. The first-order chi connectivity index (χ1) is 9.61. The first-order valence-electron chi connectivity index (χ1n) is 6.07. The Balaban J connectivity index is 2.23. The van der Waals surface area contributed by atoms with Gasteiger partial charge in [0.25, 0.3) is 5.91 Å². The summed E-state index contributed by atoms with van der Waals surface area (Å²) in [5, 5.41) is 5.03. The molecule has 0 aliphatic heterocycles. The quantitative estimate of drug-likeness (QED) is 0.903. The van der Waals surface area contributed by atoms with Crippen molar-refractivity contribution in [3.8, 4) is 0 Å². The SMILES string of the molecule is CCNc1c(F)cc(C(=O)Nc2ccccn2)cc1F. The van der Waals surface area contributed by atoms with Crippen molar-refractivity contribution in [3.05, 3.63) is 53.7 Å². The minimum absolute atomic E-state index is 0.104. The number of hydrogen-bond donors (Lipinski definition) is 2. The summed E-state index contributed by atoms with van der Waals surface area (Å²) in [6, 6.07) is 6.94. The highest BCUT2D eigenvalue weighted by Gasteiger charge is 2.15. The molecule has 0 aliphatic carbocycles. The van der Waals surface area contributed by atoms with E-state index in [0.29, 0.717) is 12.4 Å². The van der Waals surface area contributed by atoms with Gasteiger partial charge in [-0.05, 0) is 31.2 Å². The van der Waals surface area contributed by atoms with Crippen LogP contribution in [0.5, 0.6) is 0 Å². The molecule has 0 atom stereocenters. The van der Waals surface area contributed by atoms with E-state index < -0.39 is 17.5 Å². The van der Waals surface area contributed by atoms with Crippen molar-refractivity contribution >= 4 is 17.4 Å².